The summed E-state index contributed by atoms with van der Waals surface area (Å²) in [7, 11) is 0. The van der Waals surface area contributed by atoms with Gasteiger partial charge in [0.15, 0.2) is 6.61 Å². The average Bonchev–Trinajstić information content (AvgIpc) is 2.44. The van der Waals surface area contributed by atoms with Crippen LogP contribution in [0.15, 0.2) is 24.3 Å². The molecule has 0 saturated heterocycles. The quantitative estimate of drug-likeness (QED) is 0.684. The van der Waals surface area contributed by atoms with Crippen LogP contribution in [-0.2, 0) is 16.1 Å². The number of nitrogens with one attached hydrogen (secondary N) is 2. The fourth-order valence-corrected chi connectivity index (χ4v) is 1.63. The van der Waals surface area contributed by atoms with Crippen LogP contribution < -0.4 is 21.1 Å². The molecule has 1 atom stereocenters. The van der Waals surface area contributed by atoms with Crippen molar-refractivity contribution in [2.24, 2.45) is 5.73 Å². The van der Waals surface area contributed by atoms with Crippen LogP contribution in [0.5, 0.6) is 5.75 Å². The van der Waals surface area contributed by atoms with E-state index in [9.17, 15) is 9.59 Å². The summed E-state index contributed by atoms with van der Waals surface area (Å²) in [4.78, 5) is 23.4. The van der Waals surface area contributed by atoms with Crippen LogP contribution in [0.25, 0.3) is 0 Å². The van der Waals surface area contributed by atoms with Gasteiger partial charge >= 0.3 is 0 Å². The Labute approximate surface area is 125 Å². The van der Waals surface area contributed by atoms with Gasteiger partial charge in [-0.15, -0.1) is 0 Å². The summed E-state index contributed by atoms with van der Waals surface area (Å²) in [5, 5.41) is 5.31. The van der Waals surface area contributed by atoms with E-state index in [0.717, 1.165) is 5.56 Å². The molecule has 0 heterocycles. The van der Waals surface area contributed by atoms with Crippen LogP contribution in [0, 0.1) is 0 Å². The van der Waals surface area contributed by atoms with E-state index in [-0.39, 0.29) is 24.5 Å². The Kier molecular flexibility index (Phi) is 6.68. The first kappa shape index (κ1) is 17.0. The Bertz CT molecular complexity index is 472. The molecule has 21 heavy (non-hydrogen) atoms. The molecule has 4 N–H and O–H groups in total. The van der Waals surface area contributed by atoms with Gasteiger partial charge < -0.3 is 21.1 Å². The number of carbonyl (C=O) groups excluding carboxylic acids is 2. The van der Waals surface area contributed by atoms with E-state index in [1.165, 1.54) is 0 Å². The van der Waals surface area contributed by atoms with E-state index in [4.69, 9.17) is 10.5 Å². The van der Waals surface area contributed by atoms with Crippen molar-refractivity contribution >= 4 is 11.8 Å². The first-order chi connectivity index (χ1) is 9.92. The summed E-state index contributed by atoms with van der Waals surface area (Å²) in [6.45, 7) is 5.68. The summed E-state index contributed by atoms with van der Waals surface area (Å²) < 4.78 is 5.34. The Morgan fingerprint density at radius 2 is 1.76 bits per heavy atom. The monoisotopic (exact) mass is 293 g/mol. The number of ether oxygens (including phenoxy) is 1. The molecule has 0 saturated carbocycles. The fourth-order valence-electron chi connectivity index (χ4n) is 1.63. The van der Waals surface area contributed by atoms with E-state index in [2.05, 4.69) is 10.6 Å². The number of hydrogen-bond acceptors (Lipinski definition) is 4. The van der Waals surface area contributed by atoms with Crippen LogP contribution in [0.3, 0.4) is 0 Å². The summed E-state index contributed by atoms with van der Waals surface area (Å²) in [6, 6.07) is 6.63. The number of carbonyl (C=O) groups is 2. The molecule has 6 nitrogen and oxygen atoms in total. The molecule has 0 bridgehead atoms. The van der Waals surface area contributed by atoms with Gasteiger partial charge in [0.1, 0.15) is 11.8 Å². The van der Waals surface area contributed by atoms with Gasteiger partial charge in [0.25, 0.3) is 5.91 Å². The first-order valence-corrected chi connectivity index (χ1v) is 6.94. The van der Waals surface area contributed by atoms with E-state index in [1.54, 1.807) is 19.1 Å². The maximum Gasteiger partial charge on any atom is 0.258 e. The van der Waals surface area contributed by atoms with Crippen molar-refractivity contribution < 1.29 is 14.3 Å². The predicted octanol–water partition coefficient (Wildman–Crippen LogP) is 0.553. The third-order valence-corrected chi connectivity index (χ3v) is 2.73. The molecule has 0 aliphatic heterocycles. The van der Waals surface area contributed by atoms with Gasteiger partial charge in [0.2, 0.25) is 5.91 Å². The topological polar surface area (TPSA) is 93.5 Å². The molecule has 116 valence electrons. The molecule has 1 aromatic carbocycles. The molecule has 0 fully saturated rings. The normalized spacial score (nSPS) is 11.9. The number of amides is 2. The molecule has 0 aliphatic rings. The molecular formula is C15H23N3O3. The van der Waals surface area contributed by atoms with Gasteiger partial charge in [-0.1, -0.05) is 12.1 Å². The molecule has 2 amide bonds. The van der Waals surface area contributed by atoms with Crippen LogP contribution in [0.4, 0.5) is 0 Å². The van der Waals surface area contributed by atoms with Crippen LogP contribution >= 0.6 is 0 Å². The average molecular weight is 293 g/mol. The Hall–Kier alpha value is -2.08. The third-order valence-electron chi connectivity index (χ3n) is 2.73. The van der Waals surface area contributed by atoms with Gasteiger partial charge in [-0.25, -0.2) is 0 Å². The van der Waals surface area contributed by atoms with Crippen molar-refractivity contribution in [3.63, 3.8) is 0 Å². The summed E-state index contributed by atoms with van der Waals surface area (Å²) >= 11 is 0. The molecule has 0 radical (unpaired) electrons. The highest BCUT2D eigenvalue weighted by Gasteiger charge is 2.16. The third kappa shape index (κ3) is 6.27. The molecular weight excluding hydrogens is 270 g/mol. The second-order valence-electron chi connectivity index (χ2n) is 5.09. The van der Waals surface area contributed by atoms with Crippen molar-refractivity contribution in [2.45, 2.75) is 39.4 Å². The largest absolute Gasteiger partial charge is 0.484 e. The lowest BCUT2D eigenvalue weighted by Gasteiger charge is -2.16. The highest BCUT2D eigenvalue weighted by Crippen LogP contribution is 2.11. The minimum atomic E-state index is -0.594. The van der Waals surface area contributed by atoms with Gasteiger partial charge in [0.05, 0.1) is 0 Å². The van der Waals surface area contributed by atoms with Gasteiger partial charge in [0, 0.05) is 12.6 Å². The Morgan fingerprint density at radius 3 is 2.29 bits per heavy atom. The van der Waals surface area contributed by atoms with Gasteiger partial charge in [-0.2, -0.15) is 0 Å². The first-order valence-electron chi connectivity index (χ1n) is 6.94. The molecule has 0 aliphatic carbocycles. The van der Waals surface area contributed by atoms with Crippen molar-refractivity contribution in [1.29, 1.82) is 0 Å². The Balaban J connectivity index is 2.37. The molecule has 0 spiro atoms. The standard InChI is InChI=1S/C15H23N3O3/c1-10(2)17-15(20)11(3)18-14(19)9-21-13-6-4-12(8-16)5-7-13/h4-7,10-11H,8-9,16H2,1-3H3,(H,17,20)(H,18,19). The zero-order valence-electron chi connectivity index (χ0n) is 12.7. The Morgan fingerprint density at radius 1 is 1.14 bits per heavy atom. The van der Waals surface area contributed by atoms with Crippen LogP contribution in [0.2, 0.25) is 0 Å². The van der Waals surface area contributed by atoms with Crippen LogP contribution in [-0.4, -0.2) is 30.5 Å². The SMILES string of the molecule is CC(C)NC(=O)C(C)NC(=O)COc1ccc(CN)cc1. The molecule has 1 aromatic rings. The molecule has 1 unspecified atom stereocenters. The maximum absolute atomic E-state index is 11.7. The maximum atomic E-state index is 11.7. The number of rotatable bonds is 7. The highest BCUT2D eigenvalue weighted by atomic mass is 16.5. The highest BCUT2D eigenvalue weighted by molar-refractivity contribution is 5.87. The molecule has 0 aromatic heterocycles. The molecule has 1 rings (SSSR count). The lowest BCUT2D eigenvalue weighted by Crippen LogP contribution is -2.47. The smallest absolute Gasteiger partial charge is 0.258 e. The van der Waals surface area contributed by atoms with Crippen molar-refractivity contribution in [3.05, 3.63) is 29.8 Å². The lowest BCUT2D eigenvalue weighted by molar-refractivity contribution is -0.129. The van der Waals surface area contributed by atoms with E-state index in [1.807, 2.05) is 26.0 Å². The second-order valence-corrected chi connectivity index (χ2v) is 5.09. The second kappa shape index (κ2) is 8.26. The van der Waals surface area contributed by atoms with Crippen molar-refractivity contribution in [2.75, 3.05) is 6.61 Å². The lowest BCUT2D eigenvalue weighted by atomic mass is 10.2. The summed E-state index contributed by atoms with van der Waals surface area (Å²) in [6.07, 6.45) is 0. The van der Waals surface area contributed by atoms with E-state index in [0.29, 0.717) is 12.3 Å². The number of nitrogens with two attached hydrogens (primary N) is 1. The number of hydrogen-bond donors (Lipinski definition) is 3. The summed E-state index contributed by atoms with van der Waals surface area (Å²) in [5.41, 5.74) is 6.49. The summed E-state index contributed by atoms with van der Waals surface area (Å²) in [5.74, 6) is 0.0246. The number of benzene rings is 1. The zero-order chi connectivity index (χ0) is 15.8. The van der Waals surface area contributed by atoms with E-state index < -0.39 is 6.04 Å². The fraction of sp³-hybridized carbons (Fsp3) is 0.467. The molecule has 6 heteroatoms. The van der Waals surface area contributed by atoms with Crippen molar-refractivity contribution in [1.82, 2.24) is 10.6 Å². The predicted molar refractivity (Wildman–Crippen MR) is 80.7 cm³/mol. The van der Waals surface area contributed by atoms with Crippen molar-refractivity contribution in [3.8, 4) is 5.75 Å². The van der Waals surface area contributed by atoms with Gasteiger partial charge in [-0.3, -0.25) is 9.59 Å². The van der Waals surface area contributed by atoms with E-state index >= 15 is 0 Å². The minimum Gasteiger partial charge on any atom is -0.484 e. The van der Waals surface area contributed by atoms with Gasteiger partial charge in [-0.05, 0) is 38.5 Å². The minimum absolute atomic E-state index is 0.0363. The van der Waals surface area contributed by atoms with Crippen LogP contribution in [0.1, 0.15) is 26.3 Å². The zero-order valence-corrected chi connectivity index (χ0v) is 12.7.